The molecule has 0 saturated heterocycles. The van der Waals surface area contributed by atoms with Crippen LogP contribution in [-0.4, -0.2) is 25.5 Å². The van der Waals surface area contributed by atoms with Crippen molar-refractivity contribution in [3.05, 3.63) is 35.4 Å². The average molecular weight is 300 g/mol. The maximum Gasteiger partial charge on any atom is 0.416 e. The van der Waals surface area contributed by atoms with Crippen LogP contribution in [0.2, 0.25) is 0 Å². The number of nitrogens with one attached hydrogen (secondary N) is 2. The molecule has 2 N–H and O–H groups in total. The van der Waals surface area contributed by atoms with E-state index in [2.05, 4.69) is 10.6 Å². The van der Waals surface area contributed by atoms with Crippen molar-refractivity contribution < 1.29 is 18.0 Å². The summed E-state index contributed by atoms with van der Waals surface area (Å²) in [4.78, 5) is 12.2. The quantitative estimate of drug-likeness (QED) is 0.792. The summed E-state index contributed by atoms with van der Waals surface area (Å²) in [6, 6.07) is 5.09. The van der Waals surface area contributed by atoms with Crippen molar-refractivity contribution in [2.45, 2.75) is 31.4 Å². The molecular formula is C15H19F3N2O. The lowest BCUT2D eigenvalue weighted by Crippen LogP contribution is -2.38. The van der Waals surface area contributed by atoms with Gasteiger partial charge >= 0.3 is 6.18 Å². The van der Waals surface area contributed by atoms with Crippen LogP contribution in [0.5, 0.6) is 0 Å². The van der Waals surface area contributed by atoms with Gasteiger partial charge in [-0.15, -0.1) is 0 Å². The fourth-order valence-corrected chi connectivity index (χ4v) is 2.38. The van der Waals surface area contributed by atoms with Crippen LogP contribution in [0.3, 0.4) is 0 Å². The van der Waals surface area contributed by atoms with Gasteiger partial charge in [0.05, 0.1) is 11.0 Å². The number of halogens is 3. The van der Waals surface area contributed by atoms with Crippen molar-refractivity contribution >= 4 is 5.91 Å². The zero-order valence-electron chi connectivity index (χ0n) is 11.9. The molecule has 1 saturated carbocycles. The van der Waals surface area contributed by atoms with E-state index in [4.69, 9.17) is 0 Å². The average Bonchev–Trinajstić information content (AvgIpc) is 3.24. The molecule has 1 fully saturated rings. The Morgan fingerprint density at radius 1 is 1.29 bits per heavy atom. The highest BCUT2D eigenvalue weighted by atomic mass is 19.4. The summed E-state index contributed by atoms with van der Waals surface area (Å²) in [5, 5.41) is 5.88. The second kappa shape index (κ2) is 6.05. The molecule has 0 spiro atoms. The van der Waals surface area contributed by atoms with E-state index in [1.165, 1.54) is 6.07 Å². The molecule has 1 aromatic carbocycles. The monoisotopic (exact) mass is 300 g/mol. The highest BCUT2D eigenvalue weighted by Crippen LogP contribution is 2.49. The number of hydrogen-bond donors (Lipinski definition) is 2. The van der Waals surface area contributed by atoms with Gasteiger partial charge in [0.2, 0.25) is 5.91 Å². The van der Waals surface area contributed by atoms with E-state index in [0.717, 1.165) is 18.7 Å². The molecule has 0 aromatic heterocycles. The normalized spacial score (nSPS) is 16.6. The Kier molecular flexibility index (Phi) is 4.56. The Morgan fingerprint density at radius 3 is 2.57 bits per heavy atom. The first kappa shape index (κ1) is 15.8. The van der Waals surface area contributed by atoms with Crippen LogP contribution < -0.4 is 10.6 Å². The van der Waals surface area contributed by atoms with Crippen LogP contribution in [0, 0.1) is 0 Å². The molecule has 21 heavy (non-hydrogen) atoms. The third kappa shape index (κ3) is 3.56. The molecular weight excluding hydrogens is 281 g/mol. The van der Waals surface area contributed by atoms with E-state index in [9.17, 15) is 18.0 Å². The van der Waals surface area contributed by atoms with E-state index in [-0.39, 0.29) is 5.91 Å². The summed E-state index contributed by atoms with van der Waals surface area (Å²) >= 11 is 0. The van der Waals surface area contributed by atoms with Crippen LogP contribution in [-0.2, 0) is 16.4 Å². The van der Waals surface area contributed by atoms with E-state index in [1.807, 2.05) is 6.92 Å². The Bertz CT molecular complexity index is 510. The second-order valence-electron chi connectivity index (χ2n) is 5.27. The van der Waals surface area contributed by atoms with Gasteiger partial charge in [0.25, 0.3) is 0 Å². The maximum absolute atomic E-state index is 12.8. The summed E-state index contributed by atoms with van der Waals surface area (Å²) in [5.74, 6) is -0.181. The van der Waals surface area contributed by atoms with Gasteiger partial charge < -0.3 is 10.6 Å². The number of carbonyl (C=O) groups is 1. The van der Waals surface area contributed by atoms with Crippen LogP contribution in [0.25, 0.3) is 0 Å². The maximum atomic E-state index is 12.8. The molecule has 1 amide bonds. The molecule has 0 unspecified atom stereocenters. The summed E-state index contributed by atoms with van der Waals surface area (Å²) in [7, 11) is 0. The summed E-state index contributed by atoms with van der Waals surface area (Å²) in [6.07, 6.45) is -3.18. The van der Waals surface area contributed by atoms with Gasteiger partial charge in [-0.2, -0.15) is 13.2 Å². The van der Waals surface area contributed by atoms with Crippen molar-refractivity contribution in [1.29, 1.82) is 0 Å². The minimum absolute atomic E-state index is 0.181. The smallest absolute Gasteiger partial charge is 0.354 e. The topological polar surface area (TPSA) is 41.1 Å². The first-order chi connectivity index (χ1) is 9.90. The first-order valence-corrected chi connectivity index (χ1v) is 7.07. The third-order valence-corrected chi connectivity index (χ3v) is 3.76. The SMILES string of the molecule is CCNCCNC(=O)C1(c2cccc(C(F)(F)F)c2)CC1. The highest BCUT2D eigenvalue weighted by Gasteiger charge is 2.51. The summed E-state index contributed by atoms with van der Waals surface area (Å²) < 4.78 is 38.3. The number of hydrogen-bond acceptors (Lipinski definition) is 2. The van der Waals surface area contributed by atoms with Crippen molar-refractivity contribution in [2.24, 2.45) is 0 Å². The molecule has 0 radical (unpaired) electrons. The minimum atomic E-state index is -4.38. The highest BCUT2D eigenvalue weighted by molar-refractivity contribution is 5.91. The van der Waals surface area contributed by atoms with Crippen LogP contribution in [0.4, 0.5) is 13.2 Å². The standard InChI is InChI=1S/C15H19F3N2O/c1-2-19-8-9-20-13(21)14(6-7-14)11-4-3-5-12(10-11)15(16,17)18/h3-5,10,19H,2,6-9H2,1H3,(H,20,21). The van der Waals surface area contributed by atoms with Crippen molar-refractivity contribution in [2.75, 3.05) is 19.6 Å². The van der Waals surface area contributed by atoms with E-state index >= 15 is 0 Å². The molecule has 6 heteroatoms. The van der Waals surface area contributed by atoms with Crippen molar-refractivity contribution in [3.8, 4) is 0 Å². The zero-order chi connectivity index (χ0) is 15.5. The largest absolute Gasteiger partial charge is 0.416 e. The van der Waals surface area contributed by atoms with Gasteiger partial charge in [0.1, 0.15) is 0 Å². The molecule has 3 nitrogen and oxygen atoms in total. The van der Waals surface area contributed by atoms with Crippen molar-refractivity contribution in [1.82, 2.24) is 10.6 Å². The summed E-state index contributed by atoms with van der Waals surface area (Å²) in [6.45, 7) is 3.91. The number of carbonyl (C=O) groups excluding carboxylic acids is 1. The van der Waals surface area contributed by atoms with E-state index in [0.29, 0.717) is 31.5 Å². The third-order valence-electron chi connectivity index (χ3n) is 3.76. The fourth-order valence-electron chi connectivity index (χ4n) is 2.38. The Balaban J connectivity index is 2.08. The Hall–Kier alpha value is -1.56. The predicted octanol–water partition coefficient (Wildman–Crippen LogP) is 2.46. The Morgan fingerprint density at radius 2 is 2.00 bits per heavy atom. The molecule has 0 bridgehead atoms. The molecule has 0 atom stereocenters. The Labute approximate surface area is 121 Å². The lowest BCUT2D eigenvalue weighted by Gasteiger charge is -2.17. The molecule has 1 aliphatic rings. The van der Waals surface area contributed by atoms with E-state index < -0.39 is 17.2 Å². The lowest BCUT2D eigenvalue weighted by atomic mass is 9.93. The molecule has 2 rings (SSSR count). The van der Waals surface area contributed by atoms with Gasteiger partial charge in [-0.05, 0) is 31.0 Å². The van der Waals surface area contributed by atoms with Crippen molar-refractivity contribution in [3.63, 3.8) is 0 Å². The van der Waals surface area contributed by atoms with Gasteiger partial charge in [-0.3, -0.25) is 4.79 Å². The van der Waals surface area contributed by atoms with E-state index in [1.54, 1.807) is 6.07 Å². The number of alkyl halides is 3. The zero-order valence-corrected chi connectivity index (χ0v) is 11.9. The number of rotatable bonds is 6. The van der Waals surface area contributed by atoms with Crippen LogP contribution in [0.15, 0.2) is 24.3 Å². The molecule has 116 valence electrons. The molecule has 0 heterocycles. The predicted molar refractivity (Wildman–Crippen MR) is 73.9 cm³/mol. The molecule has 0 aliphatic heterocycles. The van der Waals surface area contributed by atoms with Gasteiger partial charge in [-0.25, -0.2) is 0 Å². The fraction of sp³-hybridized carbons (Fsp3) is 0.533. The first-order valence-electron chi connectivity index (χ1n) is 7.07. The van der Waals surface area contributed by atoms with Gasteiger partial charge in [0.15, 0.2) is 0 Å². The summed E-state index contributed by atoms with van der Waals surface area (Å²) in [5.41, 5.74) is -1.02. The van der Waals surface area contributed by atoms with Gasteiger partial charge in [0, 0.05) is 13.1 Å². The number of amides is 1. The minimum Gasteiger partial charge on any atom is -0.354 e. The number of likely N-dealkylation sites (N-methyl/N-ethyl adjacent to an activating group) is 1. The molecule has 1 aliphatic carbocycles. The second-order valence-corrected chi connectivity index (χ2v) is 5.27. The van der Waals surface area contributed by atoms with Crippen LogP contribution >= 0.6 is 0 Å². The van der Waals surface area contributed by atoms with Crippen LogP contribution in [0.1, 0.15) is 30.9 Å². The number of benzene rings is 1. The molecule has 1 aromatic rings. The van der Waals surface area contributed by atoms with Gasteiger partial charge in [-0.1, -0.05) is 25.1 Å². The lowest BCUT2D eigenvalue weighted by molar-refractivity contribution is -0.137.